The van der Waals surface area contributed by atoms with Crippen molar-refractivity contribution < 1.29 is 13.2 Å². The van der Waals surface area contributed by atoms with Gasteiger partial charge in [0.2, 0.25) is 0 Å². The SMILES string of the molecule is NS(=O)(=O)N1CCN(Cc2ccc([C@@H]3CCCCO3)s2)CC1. The van der Waals surface area contributed by atoms with E-state index < -0.39 is 10.2 Å². The molecule has 3 rings (SSSR count). The molecule has 2 aliphatic heterocycles. The van der Waals surface area contributed by atoms with Crippen molar-refractivity contribution in [2.45, 2.75) is 31.9 Å². The summed E-state index contributed by atoms with van der Waals surface area (Å²) in [4.78, 5) is 4.91. The van der Waals surface area contributed by atoms with Gasteiger partial charge in [-0.3, -0.25) is 4.90 Å². The maximum absolute atomic E-state index is 11.3. The van der Waals surface area contributed by atoms with Crippen molar-refractivity contribution in [1.29, 1.82) is 0 Å². The molecular formula is C14H23N3O3S2. The molecule has 3 heterocycles. The number of hydrogen-bond donors (Lipinski definition) is 1. The van der Waals surface area contributed by atoms with Crippen molar-refractivity contribution in [2.75, 3.05) is 32.8 Å². The summed E-state index contributed by atoms with van der Waals surface area (Å²) in [5, 5.41) is 5.16. The maximum Gasteiger partial charge on any atom is 0.276 e. The van der Waals surface area contributed by atoms with Crippen LogP contribution in [-0.2, 0) is 21.5 Å². The van der Waals surface area contributed by atoms with Crippen LogP contribution in [0.15, 0.2) is 12.1 Å². The first kappa shape index (κ1) is 16.4. The van der Waals surface area contributed by atoms with E-state index in [-0.39, 0.29) is 6.10 Å². The van der Waals surface area contributed by atoms with Crippen LogP contribution in [0.2, 0.25) is 0 Å². The van der Waals surface area contributed by atoms with Crippen LogP contribution in [0.1, 0.15) is 35.1 Å². The minimum Gasteiger partial charge on any atom is -0.373 e. The lowest BCUT2D eigenvalue weighted by molar-refractivity contribution is 0.0172. The molecule has 0 unspecified atom stereocenters. The molecule has 0 amide bonds. The third-order valence-electron chi connectivity index (χ3n) is 4.25. The van der Waals surface area contributed by atoms with Crippen LogP contribution in [0.25, 0.3) is 0 Å². The fourth-order valence-corrected chi connectivity index (χ4v) is 4.79. The quantitative estimate of drug-likeness (QED) is 0.893. The molecule has 2 fully saturated rings. The van der Waals surface area contributed by atoms with Gasteiger partial charge in [0.15, 0.2) is 0 Å². The Hall–Kier alpha value is -0.510. The molecule has 1 aromatic heterocycles. The summed E-state index contributed by atoms with van der Waals surface area (Å²) in [6.07, 6.45) is 3.80. The number of piperazine rings is 1. The average Bonchev–Trinajstić information content (AvgIpc) is 2.96. The highest BCUT2D eigenvalue weighted by Gasteiger charge is 2.24. The predicted molar refractivity (Wildman–Crippen MR) is 86.8 cm³/mol. The van der Waals surface area contributed by atoms with Crippen LogP contribution in [-0.4, -0.2) is 50.4 Å². The van der Waals surface area contributed by atoms with E-state index in [1.54, 1.807) is 0 Å². The van der Waals surface area contributed by atoms with Gasteiger partial charge in [-0.25, -0.2) is 5.14 Å². The lowest BCUT2D eigenvalue weighted by Crippen LogP contribution is -2.50. The monoisotopic (exact) mass is 345 g/mol. The first-order chi connectivity index (χ1) is 10.5. The number of ether oxygens (including phenoxy) is 1. The third kappa shape index (κ3) is 4.06. The number of rotatable bonds is 4. The predicted octanol–water partition coefficient (Wildman–Crippen LogP) is 1.31. The fourth-order valence-electron chi connectivity index (χ4n) is 2.98. The number of nitrogens with two attached hydrogens (primary N) is 1. The molecule has 2 N–H and O–H groups in total. The van der Waals surface area contributed by atoms with Crippen LogP contribution in [0.3, 0.4) is 0 Å². The van der Waals surface area contributed by atoms with Gasteiger partial charge in [0, 0.05) is 49.1 Å². The molecule has 0 spiro atoms. The van der Waals surface area contributed by atoms with Crippen LogP contribution < -0.4 is 5.14 Å². The van der Waals surface area contributed by atoms with E-state index in [0.717, 1.165) is 32.7 Å². The van der Waals surface area contributed by atoms with Crippen molar-refractivity contribution in [2.24, 2.45) is 5.14 Å². The van der Waals surface area contributed by atoms with E-state index in [0.29, 0.717) is 13.1 Å². The normalized spacial score (nSPS) is 25.4. The van der Waals surface area contributed by atoms with Gasteiger partial charge in [0.25, 0.3) is 10.2 Å². The summed E-state index contributed by atoms with van der Waals surface area (Å²) < 4.78 is 29.8. The molecular weight excluding hydrogens is 322 g/mol. The van der Waals surface area contributed by atoms with Gasteiger partial charge in [0.1, 0.15) is 0 Å². The van der Waals surface area contributed by atoms with Crippen LogP contribution in [0, 0.1) is 0 Å². The van der Waals surface area contributed by atoms with Gasteiger partial charge in [-0.05, 0) is 31.4 Å². The molecule has 22 heavy (non-hydrogen) atoms. The molecule has 0 aliphatic carbocycles. The highest BCUT2D eigenvalue weighted by molar-refractivity contribution is 7.86. The van der Waals surface area contributed by atoms with Gasteiger partial charge in [-0.1, -0.05) is 0 Å². The van der Waals surface area contributed by atoms with Gasteiger partial charge >= 0.3 is 0 Å². The van der Waals surface area contributed by atoms with E-state index in [1.165, 1.54) is 26.9 Å². The first-order valence-electron chi connectivity index (χ1n) is 7.73. The standard InChI is InChI=1S/C14H23N3O3S2/c15-22(18,19)17-8-6-16(7-9-17)11-12-4-5-14(21-12)13-3-1-2-10-20-13/h4-5,13H,1-3,6-11H2,(H2,15,18,19)/t13-/m0/s1. The first-order valence-corrected chi connectivity index (χ1v) is 10.0. The minimum atomic E-state index is -3.54. The zero-order valence-corrected chi connectivity index (χ0v) is 14.2. The van der Waals surface area contributed by atoms with Crippen molar-refractivity contribution in [3.8, 4) is 0 Å². The lowest BCUT2D eigenvalue weighted by Gasteiger charge is -2.32. The highest BCUT2D eigenvalue weighted by atomic mass is 32.2. The molecule has 0 radical (unpaired) electrons. The Morgan fingerprint density at radius 3 is 2.64 bits per heavy atom. The molecule has 0 aromatic carbocycles. The summed E-state index contributed by atoms with van der Waals surface area (Å²) in [6.45, 7) is 4.14. The van der Waals surface area contributed by atoms with Gasteiger partial charge in [-0.2, -0.15) is 12.7 Å². The summed E-state index contributed by atoms with van der Waals surface area (Å²) in [5.41, 5.74) is 0. The number of nitrogens with zero attached hydrogens (tertiary/aromatic N) is 2. The highest BCUT2D eigenvalue weighted by Crippen LogP contribution is 2.33. The van der Waals surface area contributed by atoms with Gasteiger partial charge < -0.3 is 4.74 Å². The fraction of sp³-hybridized carbons (Fsp3) is 0.714. The lowest BCUT2D eigenvalue weighted by atomic mass is 10.1. The Morgan fingerprint density at radius 1 is 1.23 bits per heavy atom. The number of hydrogen-bond acceptors (Lipinski definition) is 5. The second-order valence-corrected chi connectivity index (χ2v) is 8.63. The zero-order valence-electron chi connectivity index (χ0n) is 12.6. The van der Waals surface area contributed by atoms with Crippen molar-refractivity contribution in [3.05, 3.63) is 21.9 Å². The van der Waals surface area contributed by atoms with Crippen LogP contribution in [0.4, 0.5) is 0 Å². The third-order valence-corrected chi connectivity index (χ3v) is 6.50. The van der Waals surface area contributed by atoms with E-state index in [4.69, 9.17) is 9.88 Å². The van der Waals surface area contributed by atoms with E-state index in [9.17, 15) is 8.42 Å². The number of thiophene rings is 1. The largest absolute Gasteiger partial charge is 0.373 e. The summed E-state index contributed by atoms with van der Waals surface area (Å²) in [5.74, 6) is 0. The summed E-state index contributed by atoms with van der Waals surface area (Å²) >= 11 is 1.82. The minimum absolute atomic E-state index is 0.270. The van der Waals surface area contributed by atoms with Crippen molar-refractivity contribution in [1.82, 2.24) is 9.21 Å². The van der Waals surface area contributed by atoms with Gasteiger partial charge in [0.05, 0.1) is 6.10 Å². The smallest absolute Gasteiger partial charge is 0.276 e. The van der Waals surface area contributed by atoms with Crippen molar-refractivity contribution >= 4 is 21.5 Å². The van der Waals surface area contributed by atoms with E-state index >= 15 is 0 Å². The molecule has 2 aliphatic rings. The second kappa shape index (κ2) is 6.94. The Bertz CT molecular complexity index is 588. The van der Waals surface area contributed by atoms with Crippen molar-refractivity contribution in [3.63, 3.8) is 0 Å². The van der Waals surface area contributed by atoms with Crippen LogP contribution in [0.5, 0.6) is 0 Å². The Kier molecular flexibility index (Phi) is 5.16. The maximum atomic E-state index is 11.3. The average molecular weight is 345 g/mol. The zero-order chi connectivity index (χ0) is 15.6. The summed E-state index contributed by atoms with van der Waals surface area (Å²) in [6, 6.07) is 4.35. The topological polar surface area (TPSA) is 75.9 Å². The molecule has 0 bridgehead atoms. The van der Waals surface area contributed by atoms with Crippen LogP contribution >= 0.6 is 11.3 Å². The molecule has 1 aromatic rings. The Morgan fingerprint density at radius 2 is 2.00 bits per heavy atom. The Labute approximate surface area is 136 Å². The van der Waals surface area contributed by atoms with Gasteiger partial charge in [-0.15, -0.1) is 11.3 Å². The molecule has 8 heteroatoms. The molecule has 1 atom stereocenters. The molecule has 6 nitrogen and oxygen atoms in total. The molecule has 124 valence electrons. The van der Waals surface area contributed by atoms with E-state index in [2.05, 4.69) is 17.0 Å². The molecule has 0 saturated carbocycles. The second-order valence-electron chi connectivity index (χ2n) is 5.88. The van der Waals surface area contributed by atoms with E-state index in [1.807, 2.05) is 11.3 Å². The summed E-state index contributed by atoms with van der Waals surface area (Å²) in [7, 11) is -3.54. The molecule has 2 saturated heterocycles. The Balaban J connectivity index is 1.53.